The first kappa shape index (κ1) is 12.9. The highest BCUT2D eigenvalue weighted by Crippen LogP contribution is 2.28. The lowest BCUT2D eigenvalue weighted by Crippen LogP contribution is -2.08. The second-order valence-corrected chi connectivity index (χ2v) is 4.03. The van der Waals surface area contributed by atoms with Gasteiger partial charge in [0, 0.05) is 18.3 Å². The van der Waals surface area contributed by atoms with Crippen LogP contribution in [0.4, 0.5) is 13.2 Å². The van der Waals surface area contributed by atoms with Crippen molar-refractivity contribution in [2.45, 2.75) is 19.0 Å². The van der Waals surface area contributed by atoms with E-state index in [4.69, 9.17) is 11.6 Å². The first-order valence-electron chi connectivity index (χ1n) is 5.06. The molecule has 0 spiro atoms. The Bertz CT molecular complexity index is 563. The van der Waals surface area contributed by atoms with Crippen molar-refractivity contribution < 1.29 is 13.2 Å². The van der Waals surface area contributed by atoms with Gasteiger partial charge < -0.3 is 0 Å². The topological polar surface area (TPSA) is 30.7 Å². The average molecular weight is 276 g/mol. The summed E-state index contributed by atoms with van der Waals surface area (Å²) in [5.74, 6) is 0.667. The van der Waals surface area contributed by atoms with E-state index in [2.05, 4.69) is 10.1 Å². The van der Waals surface area contributed by atoms with Crippen LogP contribution < -0.4 is 0 Å². The monoisotopic (exact) mass is 275 g/mol. The lowest BCUT2D eigenvalue weighted by atomic mass is 10.2. The lowest BCUT2D eigenvalue weighted by Gasteiger charge is -2.06. The van der Waals surface area contributed by atoms with Gasteiger partial charge in [-0.2, -0.15) is 18.3 Å². The molecule has 0 bridgehead atoms. The van der Waals surface area contributed by atoms with Crippen LogP contribution >= 0.6 is 11.6 Å². The van der Waals surface area contributed by atoms with Crippen LogP contribution in [0.5, 0.6) is 0 Å². The predicted molar refractivity (Wildman–Crippen MR) is 60.7 cm³/mol. The summed E-state index contributed by atoms with van der Waals surface area (Å²) in [5, 5.41) is 3.46. The van der Waals surface area contributed by atoms with Crippen LogP contribution in [0.25, 0.3) is 5.82 Å². The van der Waals surface area contributed by atoms with Crippen LogP contribution in [0.2, 0.25) is 0 Å². The first-order chi connectivity index (χ1) is 8.41. The summed E-state index contributed by atoms with van der Waals surface area (Å²) in [7, 11) is 0. The van der Waals surface area contributed by atoms with Crippen molar-refractivity contribution >= 4 is 11.6 Å². The molecule has 0 aliphatic rings. The van der Waals surface area contributed by atoms with Gasteiger partial charge in [-0.3, -0.25) is 0 Å². The normalized spacial score (nSPS) is 11.8. The highest BCUT2D eigenvalue weighted by molar-refractivity contribution is 6.17. The molecule has 2 aromatic heterocycles. The van der Waals surface area contributed by atoms with E-state index in [0.717, 1.165) is 16.3 Å². The van der Waals surface area contributed by atoms with E-state index < -0.39 is 11.9 Å². The van der Waals surface area contributed by atoms with E-state index in [0.29, 0.717) is 17.3 Å². The zero-order valence-electron chi connectivity index (χ0n) is 9.37. The van der Waals surface area contributed by atoms with Crippen molar-refractivity contribution in [3.8, 4) is 5.82 Å². The van der Waals surface area contributed by atoms with Gasteiger partial charge in [0.1, 0.15) is 0 Å². The Kier molecular flexibility index (Phi) is 3.30. The summed E-state index contributed by atoms with van der Waals surface area (Å²) in [5.41, 5.74) is 0.580. The van der Waals surface area contributed by atoms with Crippen molar-refractivity contribution in [3.63, 3.8) is 0 Å². The molecule has 0 aliphatic heterocycles. The van der Waals surface area contributed by atoms with E-state index in [-0.39, 0.29) is 0 Å². The molecule has 0 aromatic carbocycles. The van der Waals surface area contributed by atoms with Gasteiger partial charge >= 0.3 is 6.18 Å². The van der Waals surface area contributed by atoms with Crippen molar-refractivity contribution in [1.29, 1.82) is 0 Å². The second kappa shape index (κ2) is 4.61. The Morgan fingerprint density at radius 1 is 1.39 bits per heavy atom. The summed E-state index contributed by atoms with van der Waals surface area (Å²) >= 11 is 5.65. The maximum Gasteiger partial charge on any atom is 0.435 e. The van der Waals surface area contributed by atoms with Gasteiger partial charge in [-0.05, 0) is 30.2 Å². The van der Waals surface area contributed by atoms with Crippen molar-refractivity contribution in [1.82, 2.24) is 14.8 Å². The number of alkyl halides is 4. The minimum Gasteiger partial charge on any atom is -0.237 e. The molecule has 96 valence electrons. The van der Waals surface area contributed by atoms with Gasteiger partial charge in [-0.15, -0.1) is 11.6 Å². The predicted octanol–water partition coefficient (Wildman–Crippen LogP) is 3.33. The van der Waals surface area contributed by atoms with Crippen molar-refractivity contribution in [2.75, 3.05) is 0 Å². The summed E-state index contributed by atoms with van der Waals surface area (Å²) in [6.45, 7) is 1.74. The zero-order valence-corrected chi connectivity index (χ0v) is 10.1. The standard InChI is InChI=1S/C11H9ClF3N3/c1-7-4-8(5-12)6-16-10(7)18-3-2-9(17-18)11(13,14)15/h2-4,6H,5H2,1H3. The molecular formula is C11H9ClF3N3. The van der Waals surface area contributed by atoms with E-state index in [9.17, 15) is 13.2 Å². The number of aryl methyl sites for hydroxylation is 1. The van der Waals surface area contributed by atoms with Crippen molar-refractivity contribution in [3.05, 3.63) is 41.3 Å². The van der Waals surface area contributed by atoms with Crippen LogP contribution in [0.15, 0.2) is 24.5 Å². The summed E-state index contributed by atoms with van der Waals surface area (Å²) in [4.78, 5) is 4.06. The molecule has 2 rings (SSSR count). The van der Waals surface area contributed by atoms with E-state index in [1.807, 2.05) is 0 Å². The van der Waals surface area contributed by atoms with Crippen LogP contribution in [0, 0.1) is 6.92 Å². The molecule has 2 aromatic rings. The molecule has 0 unspecified atom stereocenters. The lowest BCUT2D eigenvalue weighted by molar-refractivity contribution is -0.141. The molecule has 0 saturated heterocycles. The van der Waals surface area contributed by atoms with Gasteiger partial charge in [0.25, 0.3) is 0 Å². The smallest absolute Gasteiger partial charge is 0.237 e. The number of halogens is 4. The molecule has 0 aliphatic carbocycles. The molecule has 0 N–H and O–H groups in total. The molecule has 0 amide bonds. The fourth-order valence-corrected chi connectivity index (χ4v) is 1.68. The fourth-order valence-electron chi connectivity index (χ4n) is 1.53. The van der Waals surface area contributed by atoms with Crippen LogP contribution in [0.3, 0.4) is 0 Å². The van der Waals surface area contributed by atoms with Gasteiger partial charge in [-0.25, -0.2) is 9.67 Å². The Balaban J connectivity index is 2.40. The van der Waals surface area contributed by atoms with Gasteiger partial charge in [0.2, 0.25) is 0 Å². The number of hydrogen-bond acceptors (Lipinski definition) is 2. The summed E-state index contributed by atoms with van der Waals surface area (Å²) < 4.78 is 38.4. The summed E-state index contributed by atoms with van der Waals surface area (Å²) in [6.07, 6.45) is -1.70. The Hall–Kier alpha value is -1.56. The molecule has 0 saturated carbocycles. The van der Waals surface area contributed by atoms with Crippen LogP contribution in [-0.4, -0.2) is 14.8 Å². The minimum absolute atomic E-state index is 0.307. The van der Waals surface area contributed by atoms with Gasteiger partial charge in [0.15, 0.2) is 11.5 Å². The average Bonchev–Trinajstić information content (AvgIpc) is 2.77. The van der Waals surface area contributed by atoms with Crippen LogP contribution in [-0.2, 0) is 12.1 Å². The fraction of sp³-hybridized carbons (Fsp3) is 0.273. The molecule has 3 nitrogen and oxygen atoms in total. The van der Waals surface area contributed by atoms with E-state index in [1.165, 1.54) is 12.4 Å². The summed E-state index contributed by atoms with van der Waals surface area (Å²) in [6, 6.07) is 2.68. The third-order valence-electron chi connectivity index (χ3n) is 2.36. The minimum atomic E-state index is -4.45. The molecule has 0 radical (unpaired) electrons. The molecule has 0 atom stereocenters. The number of nitrogens with zero attached hydrogens (tertiary/aromatic N) is 3. The largest absolute Gasteiger partial charge is 0.435 e. The Morgan fingerprint density at radius 2 is 2.11 bits per heavy atom. The number of pyridine rings is 1. The zero-order chi connectivity index (χ0) is 13.3. The first-order valence-corrected chi connectivity index (χ1v) is 5.60. The maximum atomic E-state index is 12.4. The molecule has 0 fully saturated rings. The third-order valence-corrected chi connectivity index (χ3v) is 2.67. The molecule has 7 heteroatoms. The number of hydrogen-bond donors (Lipinski definition) is 0. The van der Waals surface area contributed by atoms with E-state index in [1.54, 1.807) is 13.0 Å². The molecular weight excluding hydrogens is 267 g/mol. The molecule has 18 heavy (non-hydrogen) atoms. The Labute approximate surface area is 106 Å². The Morgan fingerprint density at radius 3 is 2.61 bits per heavy atom. The van der Waals surface area contributed by atoms with Gasteiger partial charge in [-0.1, -0.05) is 0 Å². The van der Waals surface area contributed by atoms with Gasteiger partial charge in [0.05, 0.1) is 0 Å². The van der Waals surface area contributed by atoms with Crippen molar-refractivity contribution in [2.24, 2.45) is 0 Å². The highest BCUT2D eigenvalue weighted by Gasteiger charge is 2.33. The highest BCUT2D eigenvalue weighted by atomic mass is 35.5. The maximum absolute atomic E-state index is 12.4. The SMILES string of the molecule is Cc1cc(CCl)cnc1-n1ccc(C(F)(F)F)n1. The third kappa shape index (κ3) is 2.48. The van der Waals surface area contributed by atoms with Crippen LogP contribution in [0.1, 0.15) is 16.8 Å². The molecule has 2 heterocycles. The number of aromatic nitrogens is 3. The number of rotatable bonds is 2. The quantitative estimate of drug-likeness (QED) is 0.787. The van der Waals surface area contributed by atoms with E-state index >= 15 is 0 Å². The second-order valence-electron chi connectivity index (χ2n) is 3.76.